The zero-order valence-electron chi connectivity index (χ0n) is 53.6. The molecule has 1 aliphatic rings. The number of rotatable bonds is 13. The van der Waals surface area contributed by atoms with Crippen molar-refractivity contribution in [2.75, 3.05) is 0 Å². The molecule has 0 fully saturated rings. The fraction of sp³-hybridized carbons (Fsp3) is 0.633. The van der Waals surface area contributed by atoms with Gasteiger partial charge in [0.05, 0.1) is 72.7 Å². The Kier molecular flexibility index (Phi) is 16.6. The van der Waals surface area contributed by atoms with Crippen LogP contribution in [0.15, 0.2) is 21.9 Å². The lowest BCUT2D eigenvalue weighted by Gasteiger charge is -2.54. The Hall–Kier alpha value is -0.691. The summed E-state index contributed by atoms with van der Waals surface area (Å²) in [5, 5.41) is 24.8. The van der Waals surface area contributed by atoms with Crippen LogP contribution in [0.25, 0.3) is 0 Å². The molecule has 70 heavy (non-hydrogen) atoms. The van der Waals surface area contributed by atoms with E-state index in [1.54, 1.807) is 50.1 Å². The second-order valence-electron chi connectivity index (χ2n) is 32.3. The molecule has 392 valence electrons. The standard InChI is InChI=1S/C60H112Si10/c1-38-39(2)41(4)48(40(38)3)70(58-52(64(20,21)22)45(8)42(5)49(61(11,12)13)55(58)67(29,30)31,59-53(65(23,24)25)46(9)43(6)50(62(14,15)16)56(59)68(32,33)34)60-54(66(26,27)28)47(10)44(7)51(63(17,18)19)57(60)69(35,36)37/h40H,1-37H3. The molecular weight excluding hydrogens is 1000 g/mol. The summed E-state index contributed by atoms with van der Waals surface area (Å²) >= 11 is 0. The van der Waals surface area contributed by atoms with Gasteiger partial charge in [-0.05, 0) is 123 Å². The van der Waals surface area contributed by atoms with E-state index in [-0.39, 0.29) is 0 Å². The molecule has 0 spiro atoms. The van der Waals surface area contributed by atoms with Gasteiger partial charge in [0.1, 0.15) is 0 Å². The number of benzene rings is 3. The normalized spacial score (nSPS) is 16.7. The lowest BCUT2D eigenvalue weighted by molar-refractivity contribution is 0.852. The van der Waals surface area contributed by atoms with Crippen molar-refractivity contribution in [2.45, 2.75) is 246 Å². The van der Waals surface area contributed by atoms with Crippen LogP contribution in [-0.2, 0) is 0 Å². The fourth-order valence-electron chi connectivity index (χ4n) is 14.7. The Labute approximate surface area is 446 Å². The quantitative estimate of drug-likeness (QED) is 0.118. The molecule has 0 saturated carbocycles. The summed E-state index contributed by atoms with van der Waals surface area (Å²) in [4.78, 5) is 0. The molecule has 0 bridgehead atoms. The maximum atomic E-state index is 2.81. The van der Waals surface area contributed by atoms with Crippen molar-refractivity contribution in [2.24, 2.45) is 5.92 Å². The minimum atomic E-state index is -3.51. The Morgan fingerprint density at radius 1 is 0.214 bits per heavy atom. The Morgan fingerprint density at radius 2 is 0.371 bits per heavy atom. The van der Waals surface area contributed by atoms with E-state index in [1.165, 1.54) is 0 Å². The van der Waals surface area contributed by atoms with Gasteiger partial charge in [-0.3, -0.25) is 0 Å². The number of allylic oxidation sites excluding steroid dienone is 4. The van der Waals surface area contributed by atoms with E-state index in [0.29, 0.717) is 5.92 Å². The number of hydrogen-bond donors (Lipinski definition) is 0. The first kappa shape index (κ1) is 61.9. The smallest absolute Gasteiger partial charge is 0.0656 e. The monoisotopic (exact) mass is 1110 g/mol. The largest absolute Gasteiger partial charge is 0.175 e. The first-order valence-corrected chi connectivity index (χ1v) is 61.2. The van der Waals surface area contributed by atoms with Gasteiger partial charge in [0.2, 0.25) is 0 Å². The van der Waals surface area contributed by atoms with E-state index in [0.717, 1.165) is 0 Å². The van der Waals surface area contributed by atoms with Crippen LogP contribution in [-0.4, -0.2) is 80.7 Å². The molecule has 0 N–H and O–H groups in total. The Balaban J connectivity index is 3.25. The first-order valence-electron chi connectivity index (χ1n) is 27.7. The van der Waals surface area contributed by atoms with Crippen molar-refractivity contribution in [1.82, 2.24) is 0 Å². The third-order valence-corrected chi connectivity index (χ3v) is 43.5. The lowest BCUT2D eigenvalue weighted by Crippen LogP contribution is -2.93. The van der Waals surface area contributed by atoms with Gasteiger partial charge >= 0.3 is 0 Å². The maximum absolute atomic E-state index is 3.51. The van der Waals surface area contributed by atoms with E-state index < -0.39 is 80.7 Å². The van der Waals surface area contributed by atoms with Crippen LogP contribution < -0.4 is 62.2 Å². The van der Waals surface area contributed by atoms with Crippen LogP contribution in [0.4, 0.5) is 0 Å². The van der Waals surface area contributed by atoms with Crippen LogP contribution in [0.2, 0.25) is 177 Å². The van der Waals surface area contributed by atoms with Crippen molar-refractivity contribution in [1.29, 1.82) is 0 Å². The molecule has 0 aliphatic heterocycles. The van der Waals surface area contributed by atoms with Gasteiger partial charge in [0.25, 0.3) is 0 Å². The molecule has 1 atom stereocenters. The van der Waals surface area contributed by atoms with Gasteiger partial charge in [-0.2, -0.15) is 0 Å². The van der Waals surface area contributed by atoms with Crippen LogP contribution >= 0.6 is 0 Å². The lowest BCUT2D eigenvalue weighted by atomic mass is 10.1. The van der Waals surface area contributed by atoms with Crippen LogP contribution in [0, 0.1) is 47.5 Å². The van der Waals surface area contributed by atoms with Gasteiger partial charge in [-0.25, -0.2) is 0 Å². The van der Waals surface area contributed by atoms with Gasteiger partial charge in [-0.1, -0.05) is 247 Å². The summed E-state index contributed by atoms with van der Waals surface area (Å²) in [7, 11) is -22.5. The molecule has 0 aromatic heterocycles. The summed E-state index contributed by atoms with van der Waals surface area (Å²) < 4.78 is 0. The number of hydrogen-bond acceptors (Lipinski definition) is 0. The molecule has 0 saturated heterocycles. The van der Waals surface area contributed by atoms with Gasteiger partial charge in [0, 0.05) is 0 Å². The molecular formula is C60H112Si10. The zero-order chi connectivity index (χ0) is 55.3. The average molecular weight is 1110 g/mol. The zero-order valence-corrected chi connectivity index (χ0v) is 63.6. The van der Waals surface area contributed by atoms with Crippen molar-refractivity contribution in [3.05, 3.63) is 55.3 Å². The Morgan fingerprint density at radius 3 is 0.500 bits per heavy atom. The second-order valence-corrected chi connectivity index (χ2v) is 80.9. The topological polar surface area (TPSA) is 0 Å². The highest BCUT2D eigenvalue weighted by molar-refractivity contribution is 7.29. The minimum absolute atomic E-state index is 0.356. The van der Waals surface area contributed by atoms with Crippen molar-refractivity contribution in [3.63, 3.8) is 0 Å². The van der Waals surface area contributed by atoms with Crippen LogP contribution in [0.1, 0.15) is 61.1 Å². The van der Waals surface area contributed by atoms with E-state index in [2.05, 4.69) is 246 Å². The van der Waals surface area contributed by atoms with E-state index in [1.807, 2.05) is 67.4 Å². The molecule has 0 amide bonds. The molecule has 4 rings (SSSR count). The molecule has 0 nitrogen and oxygen atoms in total. The maximum Gasteiger partial charge on any atom is 0.175 e. The fourth-order valence-corrected chi connectivity index (χ4v) is 57.3. The molecule has 10 heteroatoms. The average Bonchev–Trinajstić information content (AvgIpc) is 3.29. The molecule has 1 aliphatic carbocycles. The van der Waals surface area contributed by atoms with Gasteiger partial charge in [0.15, 0.2) is 8.07 Å². The summed E-state index contributed by atoms with van der Waals surface area (Å²) in [6, 6.07) is 0. The summed E-state index contributed by atoms with van der Waals surface area (Å²) in [5.74, 6) is 0.356. The molecule has 1 unspecified atom stereocenters. The third kappa shape index (κ3) is 10.3. The van der Waals surface area contributed by atoms with Crippen molar-refractivity contribution >= 4 is 143 Å². The van der Waals surface area contributed by atoms with E-state index >= 15 is 0 Å². The second kappa shape index (κ2) is 18.8. The van der Waals surface area contributed by atoms with E-state index in [4.69, 9.17) is 0 Å². The highest BCUT2D eigenvalue weighted by Crippen LogP contribution is 2.42. The molecule has 3 aromatic rings. The van der Waals surface area contributed by atoms with Crippen LogP contribution in [0.3, 0.4) is 0 Å². The first-order chi connectivity index (χ1) is 30.7. The van der Waals surface area contributed by atoms with Crippen LogP contribution in [0.5, 0.6) is 0 Å². The van der Waals surface area contributed by atoms with Crippen molar-refractivity contribution < 1.29 is 0 Å². The SMILES string of the molecule is CC1=C(C)C(C)C([Si](c2c([Si](C)(C)C)c(C)c(C)c([Si](C)(C)C)c2[Si](C)(C)C)(c2c([Si](C)(C)C)c(C)c(C)c([Si](C)(C)C)c2[Si](C)(C)C)c2c([Si](C)(C)C)c(C)c(C)c([Si](C)(C)C)c2[Si](C)(C)C)=C1C. The highest BCUT2D eigenvalue weighted by Gasteiger charge is 2.60. The summed E-state index contributed by atoms with van der Waals surface area (Å²) in [5.41, 5.74) is 14.9. The molecule has 3 aromatic carbocycles. The van der Waals surface area contributed by atoms with Gasteiger partial charge in [-0.15, -0.1) is 0 Å². The molecule has 0 heterocycles. The van der Waals surface area contributed by atoms with Crippen molar-refractivity contribution in [3.8, 4) is 0 Å². The highest BCUT2D eigenvalue weighted by atomic mass is 28.4. The summed E-state index contributed by atoms with van der Waals surface area (Å²) in [6.45, 7) is 101. The van der Waals surface area contributed by atoms with Gasteiger partial charge < -0.3 is 0 Å². The summed E-state index contributed by atoms with van der Waals surface area (Å²) in [6.07, 6.45) is 0. The third-order valence-electron chi connectivity index (χ3n) is 17.1. The predicted molar refractivity (Wildman–Crippen MR) is 359 cm³/mol. The minimum Gasteiger partial charge on any atom is -0.0656 e. The molecule has 0 radical (unpaired) electrons. The predicted octanol–water partition coefficient (Wildman–Crippen LogP) is 11.8. The Bertz CT molecular complexity index is 2420. The van der Waals surface area contributed by atoms with E-state index in [9.17, 15) is 0 Å².